The van der Waals surface area contributed by atoms with E-state index in [0.29, 0.717) is 5.69 Å². The lowest BCUT2D eigenvalue weighted by Crippen LogP contribution is -2.33. The van der Waals surface area contributed by atoms with E-state index in [4.69, 9.17) is 5.73 Å². The summed E-state index contributed by atoms with van der Waals surface area (Å²) in [6.45, 7) is 7.41. The van der Waals surface area contributed by atoms with Gasteiger partial charge < -0.3 is 5.73 Å². The van der Waals surface area contributed by atoms with Gasteiger partial charge in [0, 0.05) is 18.8 Å². The van der Waals surface area contributed by atoms with E-state index in [0.717, 1.165) is 11.1 Å². The number of nitrogens with zero attached hydrogens (tertiary/aromatic N) is 1. The summed E-state index contributed by atoms with van der Waals surface area (Å²) in [7, 11) is -1.87. The van der Waals surface area contributed by atoms with Crippen LogP contribution in [0.2, 0.25) is 0 Å². The first-order valence-electron chi connectivity index (χ1n) is 5.52. The number of aryl methyl sites for hydroxylation is 1. The summed E-state index contributed by atoms with van der Waals surface area (Å²) in [5, 5.41) is 0. The molecule has 17 heavy (non-hydrogen) atoms. The minimum Gasteiger partial charge on any atom is -0.398 e. The second kappa shape index (κ2) is 4.66. The Morgan fingerprint density at radius 3 is 2.18 bits per heavy atom. The van der Waals surface area contributed by atoms with Gasteiger partial charge in [0.1, 0.15) is 0 Å². The van der Waals surface area contributed by atoms with Crippen LogP contribution < -0.4 is 5.73 Å². The van der Waals surface area contributed by atoms with E-state index in [1.807, 2.05) is 27.7 Å². The van der Waals surface area contributed by atoms with Gasteiger partial charge in [-0.25, -0.2) is 8.42 Å². The minimum atomic E-state index is -3.45. The van der Waals surface area contributed by atoms with Crippen molar-refractivity contribution in [2.75, 3.05) is 12.8 Å². The molecule has 0 saturated heterocycles. The standard InChI is InChI=1S/C12H20N2O2S/c1-8(2)14(5)17(15,16)11-6-9(3)10(4)12(13)7-11/h6-8H,13H2,1-5H3. The zero-order chi connectivity index (χ0) is 13.4. The molecule has 96 valence electrons. The van der Waals surface area contributed by atoms with Gasteiger partial charge in [-0.2, -0.15) is 4.31 Å². The highest BCUT2D eigenvalue weighted by Crippen LogP contribution is 2.24. The number of sulfonamides is 1. The Balaban J connectivity index is 3.35. The van der Waals surface area contributed by atoms with Gasteiger partial charge in [0.05, 0.1) is 4.90 Å². The van der Waals surface area contributed by atoms with Gasteiger partial charge in [-0.15, -0.1) is 0 Å². The third-order valence-corrected chi connectivity index (χ3v) is 5.10. The fourth-order valence-corrected chi connectivity index (χ4v) is 2.93. The Bertz CT molecular complexity index is 498. The predicted molar refractivity (Wildman–Crippen MR) is 70.4 cm³/mol. The summed E-state index contributed by atoms with van der Waals surface area (Å²) >= 11 is 0. The molecule has 0 aromatic heterocycles. The molecule has 2 N–H and O–H groups in total. The lowest BCUT2D eigenvalue weighted by atomic mass is 10.1. The van der Waals surface area contributed by atoms with Gasteiger partial charge in [-0.1, -0.05) is 0 Å². The Morgan fingerprint density at radius 1 is 1.24 bits per heavy atom. The lowest BCUT2D eigenvalue weighted by Gasteiger charge is -2.21. The van der Waals surface area contributed by atoms with E-state index in [-0.39, 0.29) is 10.9 Å². The second-order valence-electron chi connectivity index (χ2n) is 4.57. The molecule has 0 fully saturated rings. The first-order valence-corrected chi connectivity index (χ1v) is 6.96. The zero-order valence-electron chi connectivity index (χ0n) is 11.0. The normalized spacial score (nSPS) is 12.4. The van der Waals surface area contributed by atoms with Crippen LogP contribution in [0.5, 0.6) is 0 Å². The molecule has 0 amide bonds. The van der Waals surface area contributed by atoms with Gasteiger partial charge in [0.25, 0.3) is 0 Å². The summed E-state index contributed by atoms with van der Waals surface area (Å²) < 4.78 is 25.9. The van der Waals surface area contributed by atoms with Crippen LogP contribution in [0.4, 0.5) is 5.69 Å². The Morgan fingerprint density at radius 2 is 1.76 bits per heavy atom. The summed E-state index contributed by atoms with van der Waals surface area (Å²) in [4.78, 5) is 0.259. The smallest absolute Gasteiger partial charge is 0.243 e. The molecule has 1 aromatic carbocycles. The first-order chi connectivity index (χ1) is 7.67. The molecule has 0 heterocycles. The van der Waals surface area contributed by atoms with E-state index in [1.165, 1.54) is 10.4 Å². The molecule has 0 atom stereocenters. The van der Waals surface area contributed by atoms with Gasteiger partial charge in [-0.05, 0) is 51.0 Å². The van der Waals surface area contributed by atoms with Gasteiger partial charge >= 0.3 is 0 Å². The molecular weight excluding hydrogens is 236 g/mol. The largest absolute Gasteiger partial charge is 0.398 e. The van der Waals surface area contributed by atoms with Crippen LogP contribution in [0, 0.1) is 13.8 Å². The molecule has 4 nitrogen and oxygen atoms in total. The monoisotopic (exact) mass is 256 g/mol. The number of hydrogen-bond donors (Lipinski definition) is 1. The van der Waals surface area contributed by atoms with Crippen molar-refractivity contribution in [1.82, 2.24) is 4.31 Å². The highest BCUT2D eigenvalue weighted by molar-refractivity contribution is 7.89. The Labute approximate surface area is 103 Å². The zero-order valence-corrected chi connectivity index (χ0v) is 11.8. The third kappa shape index (κ3) is 2.61. The maximum atomic E-state index is 12.3. The number of nitrogens with two attached hydrogens (primary N) is 1. The topological polar surface area (TPSA) is 63.4 Å². The number of nitrogen functional groups attached to an aromatic ring is 1. The number of anilines is 1. The van der Waals surface area contributed by atoms with Crippen molar-refractivity contribution in [3.8, 4) is 0 Å². The Kier molecular flexibility index (Phi) is 3.84. The van der Waals surface area contributed by atoms with Crippen LogP contribution in [-0.2, 0) is 10.0 Å². The minimum absolute atomic E-state index is 0.0807. The maximum absolute atomic E-state index is 12.3. The van der Waals surface area contributed by atoms with Crippen LogP contribution >= 0.6 is 0 Å². The molecule has 0 unspecified atom stereocenters. The van der Waals surface area contributed by atoms with Crippen LogP contribution in [0.15, 0.2) is 17.0 Å². The molecule has 0 aliphatic rings. The molecule has 0 saturated carbocycles. The van der Waals surface area contributed by atoms with E-state index >= 15 is 0 Å². The summed E-state index contributed by atoms with van der Waals surface area (Å²) in [5.74, 6) is 0. The number of hydrogen-bond acceptors (Lipinski definition) is 3. The molecule has 0 aliphatic heterocycles. The van der Waals surface area contributed by atoms with Gasteiger partial charge in [-0.3, -0.25) is 0 Å². The van der Waals surface area contributed by atoms with Crippen molar-refractivity contribution in [2.24, 2.45) is 0 Å². The van der Waals surface area contributed by atoms with E-state index in [1.54, 1.807) is 13.1 Å². The summed E-state index contributed by atoms with van der Waals surface area (Å²) in [6.07, 6.45) is 0. The lowest BCUT2D eigenvalue weighted by molar-refractivity contribution is 0.410. The van der Waals surface area contributed by atoms with Crippen LogP contribution in [0.1, 0.15) is 25.0 Å². The van der Waals surface area contributed by atoms with E-state index in [2.05, 4.69) is 0 Å². The molecule has 0 radical (unpaired) electrons. The highest BCUT2D eigenvalue weighted by atomic mass is 32.2. The van der Waals surface area contributed by atoms with Crippen molar-refractivity contribution >= 4 is 15.7 Å². The van der Waals surface area contributed by atoms with Crippen molar-refractivity contribution in [1.29, 1.82) is 0 Å². The SMILES string of the molecule is Cc1cc(S(=O)(=O)N(C)C(C)C)cc(N)c1C. The molecule has 1 rings (SSSR count). The Hall–Kier alpha value is -1.07. The molecule has 1 aromatic rings. The number of rotatable bonds is 3. The molecule has 0 spiro atoms. The maximum Gasteiger partial charge on any atom is 0.243 e. The van der Waals surface area contributed by atoms with Crippen molar-refractivity contribution in [2.45, 2.75) is 38.6 Å². The van der Waals surface area contributed by atoms with Gasteiger partial charge in [0.15, 0.2) is 0 Å². The van der Waals surface area contributed by atoms with Crippen LogP contribution in [-0.4, -0.2) is 25.8 Å². The van der Waals surface area contributed by atoms with E-state index in [9.17, 15) is 8.42 Å². The van der Waals surface area contributed by atoms with E-state index < -0.39 is 10.0 Å². The predicted octanol–water partition coefficient (Wildman–Crippen LogP) is 1.91. The quantitative estimate of drug-likeness (QED) is 0.840. The second-order valence-corrected chi connectivity index (χ2v) is 6.57. The molecular formula is C12H20N2O2S. The number of benzene rings is 1. The molecule has 0 aliphatic carbocycles. The van der Waals surface area contributed by atoms with Gasteiger partial charge in [0.2, 0.25) is 10.0 Å². The van der Waals surface area contributed by atoms with Crippen molar-refractivity contribution < 1.29 is 8.42 Å². The van der Waals surface area contributed by atoms with Crippen molar-refractivity contribution in [3.63, 3.8) is 0 Å². The van der Waals surface area contributed by atoms with Crippen molar-refractivity contribution in [3.05, 3.63) is 23.3 Å². The first kappa shape index (κ1) is 14.0. The molecule has 0 bridgehead atoms. The fourth-order valence-electron chi connectivity index (χ4n) is 1.45. The average Bonchev–Trinajstić information content (AvgIpc) is 2.23. The fraction of sp³-hybridized carbons (Fsp3) is 0.500. The van der Waals surface area contributed by atoms with Crippen LogP contribution in [0.25, 0.3) is 0 Å². The third-order valence-electron chi connectivity index (χ3n) is 3.09. The summed E-state index contributed by atoms with van der Waals surface area (Å²) in [6, 6.07) is 3.11. The molecule has 5 heteroatoms. The average molecular weight is 256 g/mol. The highest BCUT2D eigenvalue weighted by Gasteiger charge is 2.23. The summed E-state index contributed by atoms with van der Waals surface area (Å²) in [5.41, 5.74) is 8.14. The van der Waals surface area contributed by atoms with Crippen LogP contribution in [0.3, 0.4) is 0 Å².